The number of hydrogen-bond acceptors (Lipinski definition) is 6. The van der Waals surface area contributed by atoms with E-state index < -0.39 is 23.8 Å². The quantitative estimate of drug-likeness (QED) is 0.784. The van der Waals surface area contributed by atoms with Gasteiger partial charge < -0.3 is 4.74 Å². The fourth-order valence-electron chi connectivity index (χ4n) is 2.69. The van der Waals surface area contributed by atoms with Crippen LogP contribution in [0.1, 0.15) is 16.8 Å². The average molecular weight is 338 g/mol. The zero-order valence-electron chi connectivity index (χ0n) is 12.8. The van der Waals surface area contributed by atoms with Crippen LogP contribution < -0.4 is 4.90 Å². The number of esters is 1. The smallest absolute Gasteiger partial charge is 0.416 e. The van der Waals surface area contributed by atoms with Crippen LogP contribution in [0.25, 0.3) is 0 Å². The molecule has 0 amide bonds. The highest BCUT2D eigenvalue weighted by Gasteiger charge is 2.40. The Hall–Kier alpha value is -2.71. The number of carbonyl (C=O) groups is 1. The van der Waals surface area contributed by atoms with E-state index in [1.54, 1.807) is 0 Å². The summed E-state index contributed by atoms with van der Waals surface area (Å²) in [5.41, 5.74) is -0.00756. The van der Waals surface area contributed by atoms with Crippen LogP contribution in [0.3, 0.4) is 0 Å². The van der Waals surface area contributed by atoms with E-state index in [0.29, 0.717) is 11.4 Å². The number of pyridine rings is 1. The molecule has 1 aliphatic heterocycles. The van der Waals surface area contributed by atoms with Gasteiger partial charge in [0.2, 0.25) is 0 Å². The van der Waals surface area contributed by atoms with Gasteiger partial charge in [0.1, 0.15) is 24.0 Å². The molecular weight excluding hydrogens is 325 g/mol. The van der Waals surface area contributed by atoms with Crippen LogP contribution in [0.4, 0.5) is 24.8 Å². The predicted molar refractivity (Wildman–Crippen MR) is 77.7 cm³/mol. The van der Waals surface area contributed by atoms with E-state index in [9.17, 15) is 18.0 Å². The zero-order valence-corrected chi connectivity index (χ0v) is 12.8. The number of rotatable bonds is 2. The number of aromatic nitrogens is 3. The van der Waals surface area contributed by atoms with Crippen LogP contribution in [0.15, 0.2) is 24.7 Å². The Morgan fingerprint density at radius 2 is 2.12 bits per heavy atom. The summed E-state index contributed by atoms with van der Waals surface area (Å²) in [6.45, 7) is 1.46. The molecule has 0 aromatic carbocycles. The molecule has 0 aliphatic carbocycles. The molecular formula is C15H13F3N4O2. The van der Waals surface area contributed by atoms with E-state index in [4.69, 9.17) is 4.74 Å². The summed E-state index contributed by atoms with van der Waals surface area (Å²) in [7, 11) is 1.22. The Morgan fingerprint density at radius 1 is 1.38 bits per heavy atom. The maximum Gasteiger partial charge on any atom is 0.416 e. The molecule has 0 bridgehead atoms. The first-order chi connectivity index (χ1) is 11.3. The minimum Gasteiger partial charge on any atom is -0.467 e. The highest BCUT2D eigenvalue weighted by molar-refractivity contribution is 5.86. The van der Waals surface area contributed by atoms with Crippen molar-refractivity contribution in [1.29, 1.82) is 0 Å². The number of halogens is 3. The van der Waals surface area contributed by atoms with Crippen LogP contribution in [0.2, 0.25) is 0 Å². The van der Waals surface area contributed by atoms with Crippen molar-refractivity contribution in [3.63, 3.8) is 0 Å². The number of carbonyl (C=O) groups excluding carboxylic acids is 1. The molecule has 0 saturated carbocycles. The van der Waals surface area contributed by atoms with E-state index in [1.165, 1.54) is 31.5 Å². The van der Waals surface area contributed by atoms with Gasteiger partial charge in [0, 0.05) is 23.9 Å². The molecule has 0 spiro atoms. The largest absolute Gasteiger partial charge is 0.467 e. The number of ether oxygens (including phenoxy) is 1. The second-order valence-electron chi connectivity index (χ2n) is 5.34. The molecule has 3 heterocycles. The lowest BCUT2D eigenvalue weighted by Crippen LogP contribution is -2.37. The van der Waals surface area contributed by atoms with Crippen molar-refractivity contribution in [1.82, 2.24) is 15.0 Å². The van der Waals surface area contributed by atoms with Gasteiger partial charge in [-0.15, -0.1) is 0 Å². The van der Waals surface area contributed by atoms with Gasteiger partial charge in [-0.1, -0.05) is 0 Å². The van der Waals surface area contributed by atoms with Crippen LogP contribution in [0.5, 0.6) is 0 Å². The lowest BCUT2D eigenvalue weighted by atomic mass is 10.1. The van der Waals surface area contributed by atoms with Crippen molar-refractivity contribution in [2.24, 2.45) is 0 Å². The zero-order chi connectivity index (χ0) is 17.5. The summed E-state index contributed by atoms with van der Waals surface area (Å²) in [6.07, 6.45) is -1.48. The van der Waals surface area contributed by atoms with E-state index in [2.05, 4.69) is 15.0 Å². The molecule has 3 rings (SSSR count). The van der Waals surface area contributed by atoms with Crippen molar-refractivity contribution in [3.05, 3.63) is 41.5 Å². The normalized spacial score (nSPS) is 16.9. The van der Waals surface area contributed by atoms with Gasteiger partial charge in [0.05, 0.1) is 12.7 Å². The third kappa shape index (κ3) is 2.77. The van der Waals surface area contributed by atoms with Crippen molar-refractivity contribution >= 4 is 17.6 Å². The third-order valence-corrected chi connectivity index (χ3v) is 3.70. The molecule has 1 unspecified atom stereocenters. The van der Waals surface area contributed by atoms with Crippen LogP contribution in [-0.4, -0.2) is 34.1 Å². The molecule has 0 radical (unpaired) electrons. The topological polar surface area (TPSA) is 68.2 Å². The Kier molecular flexibility index (Phi) is 3.86. The lowest BCUT2D eigenvalue weighted by molar-refractivity contribution is -0.141. The fourth-order valence-corrected chi connectivity index (χ4v) is 2.69. The standard InChI is InChI=1S/C15H13F3N4O2/c1-8-3-10(15(16,17)18)5-12(21-8)22-11(14(23)24-2)4-9-6-19-7-20-13(9)22/h3,5-7,11H,4H2,1-2H3. The highest BCUT2D eigenvalue weighted by atomic mass is 19.4. The van der Waals surface area contributed by atoms with E-state index >= 15 is 0 Å². The SMILES string of the molecule is COC(=O)C1Cc2cncnc2N1c1cc(C(F)(F)F)cc(C)n1. The van der Waals surface area contributed by atoms with Gasteiger partial charge in [-0.25, -0.2) is 19.7 Å². The number of anilines is 2. The van der Waals surface area contributed by atoms with Gasteiger partial charge in [-0.2, -0.15) is 13.2 Å². The van der Waals surface area contributed by atoms with Crippen LogP contribution >= 0.6 is 0 Å². The lowest BCUT2D eigenvalue weighted by Gasteiger charge is -2.24. The first kappa shape index (κ1) is 16.2. The van der Waals surface area contributed by atoms with Crippen molar-refractivity contribution in [3.8, 4) is 0 Å². The van der Waals surface area contributed by atoms with Crippen molar-refractivity contribution < 1.29 is 22.7 Å². The number of nitrogens with zero attached hydrogens (tertiary/aromatic N) is 4. The van der Waals surface area contributed by atoms with E-state index in [-0.39, 0.29) is 17.9 Å². The Bertz CT molecular complexity index is 795. The molecule has 126 valence electrons. The first-order valence-corrected chi connectivity index (χ1v) is 7.03. The summed E-state index contributed by atoms with van der Waals surface area (Å²) < 4.78 is 44.0. The van der Waals surface area contributed by atoms with E-state index in [1.807, 2.05) is 0 Å². The molecule has 24 heavy (non-hydrogen) atoms. The Labute approximate surface area is 135 Å². The van der Waals surface area contributed by atoms with Crippen molar-refractivity contribution in [2.45, 2.75) is 25.6 Å². The number of alkyl halides is 3. The molecule has 2 aromatic heterocycles. The number of methoxy groups -OCH3 is 1. The summed E-state index contributed by atoms with van der Waals surface area (Å²) >= 11 is 0. The molecule has 6 nitrogen and oxygen atoms in total. The van der Waals surface area contributed by atoms with Gasteiger partial charge in [-0.3, -0.25) is 4.90 Å². The summed E-state index contributed by atoms with van der Waals surface area (Å²) in [5, 5.41) is 0. The number of hydrogen-bond donors (Lipinski definition) is 0. The minimum atomic E-state index is -4.52. The van der Waals surface area contributed by atoms with Gasteiger partial charge in [-0.05, 0) is 19.1 Å². The fraction of sp³-hybridized carbons (Fsp3) is 0.333. The first-order valence-electron chi connectivity index (χ1n) is 7.03. The molecule has 1 aliphatic rings. The summed E-state index contributed by atoms with van der Waals surface area (Å²) in [5.74, 6) is -0.230. The molecule has 0 fully saturated rings. The second kappa shape index (κ2) is 5.73. The molecule has 0 saturated heterocycles. The molecule has 9 heteroatoms. The average Bonchev–Trinajstić information content (AvgIpc) is 2.92. The van der Waals surface area contributed by atoms with Crippen molar-refractivity contribution in [2.75, 3.05) is 12.0 Å². The predicted octanol–water partition coefficient (Wildman–Crippen LogP) is 2.43. The third-order valence-electron chi connectivity index (χ3n) is 3.70. The number of aryl methyl sites for hydroxylation is 1. The Balaban J connectivity index is 2.14. The maximum absolute atomic E-state index is 13.1. The maximum atomic E-state index is 13.1. The highest BCUT2D eigenvalue weighted by Crippen LogP contribution is 2.38. The van der Waals surface area contributed by atoms with E-state index in [0.717, 1.165) is 12.1 Å². The monoisotopic (exact) mass is 338 g/mol. The molecule has 0 N–H and O–H groups in total. The van der Waals surface area contributed by atoms with Crippen LogP contribution in [0, 0.1) is 6.92 Å². The van der Waals surface area contributed by atoms with Gasteiger partial charge in [0.25, 0.3) is 0 Å². The van der Waals surface area contributed by atoms with Crippen LogP contribution in [-0.2, 0) is 22.1 Å². The summed E-state index contributed by atoms with van der Waals surface area (Å²) in [6, 6.07) is 1.02. The van der Waals surface area contributed by atoms with Gasteiger partial charge >= 0.3 is 12.1 Å². The second-order valence-corrected chi connectivity index (χ2v) is 5.34. The number of fused-ring (bicyclic) bond motifs is 1. The summed E-state index contributed by atoms with van der Waals surface area (Å²) in [4.78, 5) is 25.6. The Morgan fingerprint density at radius 3 is 2.79 bits per heavy atom. The minimum absolute atomic E-state index is 0.00447. The molecule has 2 aromatic rings. The molecule has 1 atom stereocenters. The van der Waals surface area contributed by atoms with Gasteiger partial charge in [0.15, 0.2) is 0 Å².